The highest BCUT2D eigenvalue weighted by Crippen LogP contribution is 2.36. The molecular weight excluding hydrogens is 282 g/mol. The van der Waals surface area contributed by atoms with Crippen LogP contribution in [0.15, 0.2) is 17.0 Å². The van der Waals surface area contributed by atoms with Gasteiger partial charge in [-0.25, -0.2) is 0 Å². The van der Waals surface area contributed by atoms with Gasteiger partial charge >= 0.3 is 0 Å². The Hall–Kier alpha value is -1.42. The molecule has 0 bridgehead atoms. The summed E-state index contributed by atoms with van der Waals surface area (Å²) in [4.78, 5) is 14.5. The maximum absolute atomic E-state index is 12.0. The van der Waals surface area contributed by atoms with Crippen LogP contribution in [-0.4, -0.2) is 28.8 Å². The highest BCUT2D eigenvalue weighted by molar-refractivity contribution is 8.04. The second kappa shape index (κ2) is 6.14. The van der Waals surface area contributed by atoms with Crippen molar-refractivity contribution in [2.75, 3.05) is 12.9 Å². The Morgan fingerprint density at radius 3 is 2.10 bits per heavy atom. The predicted octanol–water partition coefficient (Wildman–Crippen LogP) is 4.14. The molecule has 0 radical (unpaired) electrons. The molecule has 4 heteroatoms. The van der Waals surface area contributed by atoms with Gasteiger partial charge in [-0.3, -0.25) is 4.79 Å². The van der Waals surface area contributed by atoms with Crippen LogP contribution in [0, 0.1) is 0 Å². The Bertz CT molecular complexity index is 561. The first-order valence-electron chi connectivity index (χ1n) is 7.28. The van der Waals surface area contributed by atoms with Gasteiger partial charge in [-0.15, -0.1) is 0 Å². The van der Waals surface area contributed by atoms with Crippen molar-refractivity contribution in [1.29, 1.82) is 0 Å². The minimum atomic E-state index is 0.0743. The maximum atomic E-state index is 12.0. The van der Waals surface area contributed by atoms with E-state index in [1.54, 1.807) is 16.7 Å². The first kappa shape index (κ1) is 16.0. The van der Waals surface area contributed by atoms with Gasteiger partial charge in [0.25, 0.3) is 5.91 Å². The number of phenols is 1. The third-order valence-electron chi connectivity index (χ3n) is 3.70. The lowest BCUT2D eigenvalue weighted by Crippen LogP contribution is -2.18. The molecule has 1 N–H and O–H groups in total. The van der Waals surface area contributed by atoms with Crippen molar-refractivity contribution in [1.82, 2.24) is 4.90 Å². The summed E-state index contributed by atoms with van der Waals surface area (Å²) < 4.78 is 0. The molecule has 0 aromatic heterocycles. The second-order valence-electron chi connectivity index (χ2n) is 6.14. The molecule has 1 fully saturated rings. The molecule has 1 aliphatic heterocycles. The summed E-state index contributed by atoms with van der Waals surface area (Å²) in [6, 6.07) is 3.98. The van der Waals surface area contributed by atoms with Gasteiger partial charge in [0.15, 0.2) is 0 Å². The normalized spacial score (nSPS) is 17.6. The summed E-state index contributed by atoms with van der Waals surface area (Å²) in [6.45, 7) is 8.28. The Morgan fingerprint density at radius 1 is 1.19 bits per heavy atom. The summed E-state index contributed by atoms with van der Waals surface area (Å²) in [6.07, 6.45) is 1.94. The molecule has 1 heterocycles. The Labute approximate surface area is 131 Å². The lowest BCUT2D eigenvalue weighted by atomic mass is 9.91. The Kier molecular flexibility index (Phi) is 4.67. The fraction of sp³-hybridized carbons (Fsp3) is 0.471. The molecule has 114 valence electrons. The fourth-order valence-electron chi connectivity index (χ4n) is 2.40. The number of hydrogen-bond acceptors (Lipinski definition) is 3. The number of thioether (sulfide) groups is 1. The summed E-state index contributed by atoms with van der Waals surface area (Å²) in [5.74, 6) is 1.66. The summed E-state index contributed by atoms with van der Waals surface area (Å²) in [5, 5.41) is 10.4. The molecule has 0 saturated carbocycles. The molecule has 0 spiro atoms. The van der Waals surface area contributed by atoms with Crippen molar-refractivity contribution < 1.29 is 9.90 Å². The molecular formula is C17H23NO2S. The highest BCUT2D eigenvalue weighted by Gasteiger charge is 2.23. The molecule has 1 saturated heterocycles. The first-order chi connectivity index (χ1) is 9.81. The second-order valence-corrected chi connectivity index (χ2v) is 7.13. The van der Waals surface area contributed by atoms with E-state index in [1.807, 2.05) is 25.3 Å². The molecule has 0 aliphatic carbocycles. The molecule has 1 aromatic carbocycles. The largest absolute Gasteiger partial charge is 0.507 e. The van der Waals surface area contributed by atoms with Crippen molar-refractivity contribution in [3.8, 4) is 5.75 Å². The third-order valence-corrected chi connectivity index (χ3v) is 4.82. The summed E-state index contributed by atoms with van der Waals surface area (Å²) >= 11 is 1.56. The quantitative estimate of drug-likeness (QED) is 0.853. The Balaban J connectivity index is 2.50. The van der Waals surface area contributed by atoms with Crippen LogP contribution in [0.2, 0.25) is 0 Å². The van der Waals surface area contributed by atoms with Gasteiger partial charge in [0.2, 0.25) is 0 Å². The minimum Gasteiger partial charge on any atom is -0.507 e. The average molecular weight is 305 g/mol. The SMILES string of the molecule is CC(C)c1cc(/C=C2\SCN(C)C2=O)cc(C(C)C)c1O. The van der Waals surface area contributed by atoms with Gasteiger partial charge in [0, 0.05) is 7.05 Å². The van der Waals surface area contributed by atoms with Gasteiger partial charge in [0.05, 0.1) is 10.8 Å². The number of phenolic OH excluding ortho intramolecular Hbond substituents is 1. The zero-order valence-electron chi connectivity index (χ0n) is 13.3. The van der Waals surface area contributed by atoms with E-state index in [1.165, 1.54) is 0 Å². The number of benzene rings is 1. The zero-order chi connectivity index (χ0) is 15.7. The highest BCUT2D eigenvalue weighted by atomic mass is 32.2. The van der Waals surface area contributed by atoms with Gasteiger partial charge in [0.1, 0.15) is 5.75 Å². The standard InChI is InChI=1S/C17H23NO2S/c1-10(2)13-6-12(7-14(11(3)4)16(13)19)8-15-17(20)18(5)9-21-15/h6-8,10-11,19H,9H2,1-5H3/b15-8-. The lowest BCUT2D eigenvalue weighted by Gasteiger charge is -2.16. The van der Waals surface area contributed by atoms with Crippen LogP contribution in [0.3, 0.4) is 0 Å². The number of carbonyl (C=O) groups excluding carboxylic acids is 1. The van der Waals surface area contributed by atoms with Crippen molar-refractivity contribution in [2.24, 2.45) is 0 Å². The first-order valence-corrected chi connectivity index (χ1v) is 8.26. The van der Waals surface area contributed by atoms with Gasteiger partial charge in [-0.2, -0.15) is 0 Å². The third kappa shape index (κ3) is 3.26. The number of aromatic hydroxyl groups is 1. The van der Waals surface area contributed by atoms with E-state index in [2.05, 4.69) is 27.7 Å². The molecule has 0 unspecified atom stereocenters. The van der Waals surface area contributed by atoms with E-state index < -0.39 is 0 Å². The number of rotatable bonds is 3. The minimum absolute atomic E-state index is 0.0743. The average Bonchev–Trinajstić information content (AvgIpc) is 2.71. The van der Waals surface area contributed by atoms with Crippen molar-refractivity contribution in [3.63, 3.8) is 0 Å². The van der Waals surface area contributed by atoms with Crippen LogP contribution in [0.4, 0.5) is 0 Å². The van der Waals surface area contributed by atoms with Gasteiger partial charge < -0.3 is 10.0 Å². The van der Waals surface area contributed by atoms with Crippen molar-refractivity contribution in [2.45, 2.75) is 39.5 Å². The number of hydrogen-bond donors (Lipinski definition) is 1. The van der Waals surface area contributed by atoms with Gasteiger partial charge in [-0.1, -0.05) is 39.5 Å². The van der Waals surface area contributed by atoms with Crippen LogP contribution in [0.5, 0.6) is 5.75 Å². The van der Waals surface area contributed by atoms with Crippen LogP contribution in [-0.2, 0) is 4.79 Å². The number of amides is 1. The monoisotopic (exact) mass is 305 g/mol. The van der Waals surface area contributed by atoms with E-state index in [0.29, 0.717) is 11.6 Å². The van der Waals surface area contributed by atoms with E-state index in [0.717, 1.165) is 21.6 Å². The summed E-state index contributed by atoms with van der Waals surface area (Å²) in [5.41, 5.74) is 2.88. The van der Waals surface area contributed by atoms with E-state index >= 15 is 0 Å². The smallest absolute Gasteiger partial charge is 0.260 e. The molecule has 1 aromatic rings. The van der Waals surface area contributed by atoms with Crippen LogP contribution >= 0.6 is 11.8 Å². The van der Waals surface area contributed by atoms with Gasteiger partial charge in [-0.05, 0) is 46.7 Å². The molecule has 2 rings (SSSR count). The number of nitrogens with zero attached hydrogens (tertiary/aromatic N) is 1. The van der Waals surface area contributed by atoms with Crippen molar-refractivity contribution >= 4 is 23.7 Å². The Morgan fingerprint density at radius 2 is 1.71 bits per heavy atom. The summed E-state index contributed by atoms with van der Waals surface area (Å²) in [7, 11) is 1.81. The maximum Gasteiger partial charge on any atom is 0.260 e. The van der Waals surface area contributed by atoms with Crippen LogP contribution in [0.25, 0.3) is 6.08 Å². The zero-order valence-corrected chi connectivity index (χ0v) is 14.1. The topological polar surface area (TPSA) is 40.5 Å². The lowest BCUT2D eigenvalue weighted by molar-refractivity contribution is -0.123. The molecule has 21 heavy (non-hydrogen) atoms. The van der Waals surface area contributed by atoms with E-state index in [4.69, 9.17) is 0 Å². The van der Waals surface area contributed by atoms with E-state index in [-0.39, 0.29) is 17.7 Å². The molecule has 0 atom stereocenters. The number of carbonyl (C=O) groups is 1. The molecule has 3 nitrogen and oxygen atoms in total. The molecule has 1 aliphatic rings. The number of likely N-dealkylation sites (N-methyl/N-ethyl adjacent to an activating group) is 1. The van der Waals surface area contributed by atoms with Crippen LogP contribution < -0.4 is 0 Å². The van der Waals surface area contributed by atoms with Crippen LogP contribution in [0.1, 0.15) is 56.2 Å². The predicted molar refractivity (Wildman–Crippen MR) is 89.5 cm³/mol. The van der Waals surface area contributed by atoms with E-state index in [9.17, 15) is 9.90 Å². The molecule has 1 amide bonds. The fourth-order valence-corrected chi connectivity index (χ4v) is 3.35. The van der Waals surface area contributed by atoms with Crippen molar-refractivity contribution in [3.05, 3.63) is 33.7 Å².